The van der Waals surface area contributed by atoms with E-state index in [1.165, 1.54) is 25.4 Å². The minimum Gasteiger partial charge on any atom is -0.465 e. The number of hydrogen-bond acceptors (Lipinski definition) is 5. The molecule has 0 fully saturated rings. The fraction of sp³-hybridized carbons (Fsp3) is 0.133. The van der Waals surface area contributed by atoms with E-state index >= 15 is 0 Å². The number of carbonyl (C=O) groups is 2. The smallest absolute Gasteiger partial charge is 0.339 e. The summed E-state index contributed by atoms with van der Waals surface area (Å²) >= 11 is 1.63. The molecule has 1 aromatic heterocycles. The van der Waals surface area contributed by atoms with Crippen molar-refractivity contribution in [2.45, 2.75) is 4.90 Å². The number of methoxy groups -OCH3 is 1. The van der Waals surface area contributed by atoms with Crippen LogP contribution in [0.3, 0.4) is 0 Å². The average Bonchev–Trinajstić information content (AvgIpc) is 2.55. The quantitative estimate of drug-likeness (QED) is 0.695. The van der Waals surface area contributed by atoms with Crippen molar-refractivity contribution in [1.29, 1.82) is 0 Å². The summed E-state index contributed by atoms with van der Waals surface area (Å²) in [6, 6.07) is 10.5. The Labute approximate surface area is 126 Å². The molecule has 0 saturated heterocycles. The molecular formula is C15H14N2O3S. The van der Waals surface area contributed by atoms with Gasteiger partial charge in [0.2, 0.25) is 0 Å². The van der Waals surface area contributed by atoms with E-state index in [4.69, 9.17) is 0 Å². The third kappa shape index (κ3) is 3.82. The van der Waals surface area contributed by atoms with Gasteiger partial charge in [-0.2, -0.15) is 0 Å². The Hall–Kier alpha value is -2.34. The van der Waals surface area contributed by atoms with Gasteiger partial charge in [-0.05, 0) is 42.7 Å². The predicted molar refractivity (Wildman–Crippen MR) is 81.8 cm³/mol. The van der Waals surface area contributed by atoms with Gasteiger partial charge >= 0.3 is 5.97 Å². The molecule has 0 aliphatic carbocycles. The molecule has 1 aromatic carbocycles. The first-order chi connectivity index (χ1) is 10.1. The topological polar surface area (TPSA) is 68.3 Å². The molecule has 0 aliphatic heterocycles. The van der Waals surface area contributed by atoms with Gasteiger partial charge in [0.05, 0.1) is 12.7 Å². The molecule has 1 N–H and O–H groups in total. The van der Waals surface area contributed by atoms with Gasteiger partial charge in [-0.3, -0.25) is 9.78 Å². The molecule has 0 aliphatic rings. The monoisotopic (exact) mass is 302 g/mol. The zero-order valence-electron chi connectivity index (χ0n) is 11.6. The maximum Gasteiger partial charge on any atom is 0.339 e. The van der Waals surface area contributed by atoms with Gasteiger partial charge < -0.3 is 10.1 Å². The van der Waals surface area contributed by atoms with Crippen LogP contribution in [0.2, 0.25) is 0 Å². The first kappa shape index (κ1) is 15.1. The first-order valence-electron chi connectivity index (χ1n) is 6.14. The second-order valence-corrected chi connectivity index (χ2v) is 4.99. The van der Waals surface area contributed by atoms with Crippen molar-refractivity contribution in [2.75, 3.05) is 18.7 Å². The number of thioether (sulfide) groups is 1. The highest BCUT2D eigenvalue weighted by molar-refractivity contribution is 7.98. The van der Waals surface area contributed by atoms with Crippen molar-refractivity contribution in [3.05, 3.63) is 53.9 Å². The third-order valence-electron chi connectivity index (χ3n) is 2.77. The Morgan fingerprint density at radius 1 is 1.14 bits per heavy atom. The van der Waals surface area contributed by atoms with Crippen LogP contribution in [0.15, 0.2) is 47.5 Å². The molecule has 0 spiro atoms. The van der Waals surface area contributed by atoms with E-state index in [0.717, 1.165) is 4.90 Å². The second-order valence-electron chi connectivity index (χ2n) is 4.11. The Morgan fingerprint density at radius 2 is 1.86 bits per heavy atom. The molecule has 2 aromatic rings. The van der Waals surface area contributed by atoms with Crippen LogP contribution >= 0.6 is 11.8 Å². The van der Waals surface area contributed by atoms with Gasteiger partial charge in [-0.15, -0.1) is 11.8 Å². The Morgan fingerprint density at radius 3 is 2.38 bits per heavy atom. The van der Waals surface area contributed by atoms with E-state index in [1.807, 2.05) is 30.5 Å². The van der Waals surface area contributed by atoms with Gasteiger partial charge in [-0.1, -0.05) is 0 Å². The summed E-state index contributed by atoms with van der Waals surface area (Å²) in [6.45, 7) is 0. The number of anilines is 1. The maximum absolute atomic E-state index is 12.0. The summed E-state index contributed by atoms with van der Waals surface area (Å²) in [5.41, 5.74) is 1.23. The summed E-state index contributed by atoms with van der Waals surface area (Å²) in [5, 5.41) is 2.75. The molecule has 1 amide bonds. The van der Waals surface area contributed by atoms with Crippen molar-refractivity contribution >= 4 is 29.3 Å². The van der Waals surface area contributed by atoms with Crippen LogP contribution in [-0.4, -0.2) is 30.2 Å². The van der Waals surface area contributed by atoms with E-state index in [-0.39, 0.29) is 11.6 Å². The fourth-order valence-electron chi connectivity index (χ4n) is 1.64. The molecule has 0 saturated carbocycles. The number of hydrogen-bond donors (Lipinski definition) is 1. The largest absolute Gasteiger partial charge is 0.465 e. The molecule has 6 heteroatoms. The van der Waals surface area contributed by atoms with Crippen molar-refractivity contribution in [1.82, 2.24) is 4.98 Å². The van der Waals surface area contributed by atoms with Gasteiger partial charge in [0, 0.05) is 16.8 Å². The van der Waals surface area contributed by atoms with Crippen LogP contribution < -0.4 is 5.32 Å². The van der Waals surface area contributed by atoms with Crippen LogP contribution in [-0.2, 0) is 4.74 Å². The van der Waals surface area contributed by atoms with Crippen LogP contribution in [0.25, 0.3) is 0 Å². The molecule has 108 valence electrons. The highest BCUT2D eigenvalue weighted by Crippen LogP contribution is 2.17. The second kappa shape index (κ2) is 6.90. The van der Waals surface area contributed by atoms with E-state index in [0.29, 0.717) is 11.3 Å². The molecule has 0 bridgehead atoms. The molecule has 2 rings (SSSR count). The number of nitrogens with one attached hydrogen (secondary N) is 1. The number of nitrogens with zero attached hydrogens (tertiary/aromatic N) is 1. The minimum absolute atomic E-state index is 0.233. The molecular weight excluding hydrogens is 288 g/mol. The van der Waals surface area contributed by atoms with E-state index in [9.17, 15) is 9.59 Å². The van der Waals surface area contributed by atoms with Crippen LogP contribution in [0, 0.1) is 0 Å². The number of esters is 1. The molecule has 5 nitrogen and oxygen atoms in total. The van der Waals surface area contributed by atoms with E-state index < -0.39 is 5.97 Å². The number of aromatic nitrogens is 1. The number of carbonyl (C=O) groups excluding carboxylic acids is 2. The Balaban J connectivity index is 2.07. The van der Waals surface area contributed by atoms with Crippen LogP contribution in [0.1, 0.15) is 20.8 Å². The lowest BCUT2D eigenvalue weighted by molar-refractivity contribution is 0.0600. The van der Waals surface area contributed by atoms with Crippen molar-refractivity contribution < 1.29 is 14.3 Å². The Bertz CT molecular complexity index is 639. The molecule has 1 heterocycles. The summed E-state index contributed by atoms with van der Waals surface area (Å²) in [7, 11) is 1.29. The summed E-state index contributed by atoms with van der Waals surface area (Å²) in [6.07, 6.45) is 3.30. The van der Waals surface area contributed by atoms with Crippen molar-refractivity contribution in [3.63, 3.8) is 0 Å². The highest BCUT2D eigenvalue weighted by Gasteiger charge is 2.10. The minimum atomic E-state index is -0.484. The summed E-state index contributed by atoms with van der Waals surface area (Å²) in [4.78, 5) is 28.4. The molecule has 0 radical (unpaired) electrons. The first-order valence-corrected chi connectivity index (χ1v) is 7.36. The average molecular weight is 302 g/mol. The standard InChI is InChI=1S/C15H14N2O3S/c1-20-15(19)10-3-8-13(16-9-10)14(18)17-11-4-6-12(21-2)7-5-11/h3-9H,1-2H3,(H,17,18). The number of rotatable bonds is 4. The lowest BCUT2D eigenvalue weighted by Gasteiger charge is -2.06. The molecule has 0 atom stereocenters. The van der Waals surface area contributed by atoms with E-state index in [2.05, 4.69) is 15.0 Å². The highest BCUT2D eigenvalue weighted by atomic mass is 32.2. The predicted octanol–water partition coefficient (Wildman–Crippen LogP) is 2.84. The zero-order chi connectivity index (χ0) is 15.2. The number of pyridine rings is 1. The normalized spacial score (nSPS) is 10.0. The molecule has 21 heavy (non-hydrogen) atoms. The zero-order valence-corrected chi connectivity index (χ0v) is 12.4. The van der Waals surface area contributed by atoms with Crippen molar-refractivity contribution in [3.8, 4) is 0 Å². The van der Waals surface area contributed by atoms with Gasteiger partial charge in [0.1, 0.15) is 5.69 Å². The van der Waals surface area contributed by atoms with Crippen LogP contribution in [0.4, 0.5) is 5.69 Å². The molecule has 0 unspecified atom stereocenters. The third-order valence-corrected chi connectivity index (χ3v) is 3.51. The number of benzene rings is 1. The van der Waals surface area contributed by atoms with Gasteiger partial charge in [0.25, 0.3) is 5.91 Å². The van der Waals surface area contributed by atoms with Gasteiger partial charge in [-0.25, -0.2) is 4.79 Å². The lowest BCUT2D eigenvalue weighted by Crippen LogP contribution is -2.14. The fourth-order valence-corrected chi connectivity index (χ4v) is 2.04. The summed E-state index contributed by atoms with van der Waals surface area (Å²) in [5.74, 6) is -0.814. The van der Waals surface area contributed by atoms with Gasteiger partial charge in [0.15, 0.2) is 0 Å². The number of amides is 1. The Kier molecular flexibility index (Phi) is 4.94. The summed E-state index contributed by atoms with van der Waals surface area (Å²) < 4.78 is 4.57. The van der Waals surface area contributed by atoms with Crippen LogP contribution in [0.5, 0.6) is 0 Å². The lowest BCUT2D eigenvalue weighted by atomic mass is 10.2. The maximum atomic E-state index is 12.0. The van der Waals surface area contributed by atoms with Crippen molar-refractivity contribution in [2.24, 2.45) is 0 Å². The SMILES string of the molecule is COC(=O)c1ccc(C(=O)Nc2ccc(SC)cc2)nc1. The number of ether oxygens (including phenoxy) is 1. The van der Waals surface area contributed by atoms with E-state index in [1.54, 1.807) is 11.8 Å².